The quantitative estimate of drug-likeness (QED) is 0.884. The predicted molar refractivity (Wildman–Crippen MR) is 69.1 cm³/mol. The molecule has 17 heavy (non-hydrogen) atoms. The van der Waals surface area contributed by atoms with Crippen LogP contribution in [-0.2, 0) is 12.8 Å². The molecule has 90 valence electrons. The molecule has 0 spiro atoms. The Morgan fingerprint density at radius 2 is 2.24 bits per heavy atom. The highest BCUT2D eigenvalue weighted by molar-refractivity contribution is 9.10. The Hall–Kier alpha value is -1.08. The number of halogens is 2. The summed E-state index contributed by atoms with van der Waals surface area (Å²) in [6.45, 7) is 0. The van der Waals surface area contributed by atoms with E-state index < -0.39 is 0 Å². The van der Waals surface area contributed by atoms with E-state index in [9.17, 15) is 4.39 Å². The summed E-state index contributed by atoms with van der Waals surface area (Å²) in [7, 11) is 1.80. The lowest BCUT2D eigenvalue weighted by molar-refractivity contribution is 0.620. The van der Waals surface area contributed by atoms with Crippen LogP contribution in [-0.4, -0.2) is 14.8 Å². The van der Waals surface area contributed by atoms with Crippen LogP contribution in [0.3, 0.4) is 0 Å². The van der Waals surface area contributed by atoms with Crippen molar-refractivity contribution < 1.29 is 4.39 Å². The van der Waals surface area contributed by atoms with Crippen molar-refractivity contribution in [3.8, 4) is 0 Å². The molecule has 2 N–H and O–H groups in total. The van der Waals surface area contributed by atoms with Gasteiger partial charge in [0.25, 0.3) is 0 Å². The molecule has 4 nitrogen and oxygen atoms in total. The number of hydrogen-bond acceptors (Lipinski definition) is 4. The molecule has 0 unspecified atom stereocenters. The molecule has 0 saturated heterocycles. The summed E-state index contributed by atoms with van der Waals surface area (Å²) in [6.07, 6.45) is 0. The number of thioether (sulfide) groups is 1. The number of nitrogens with zero attached hydrogens (tertiary/aromatic N) is 3. The summed E-state index contributed by atoms with van der Waals surface area (Å²) in [5, 5.41) is 8.44. The zero-order valence-corrected chi connectivity index (χ0v) is 11.4. The van der Waals surface area contributed by atoms with Crippen LogP contribution in [0.1, 0.15) is 5.56 Å². The van der Waals surface area contributed by atoms with Crippen LogP contribution in [0.5, 0.6) is 0 Å². The topological polar surface area (TPSA) is 56.7 Å². The Bertz CT molecular complexity index is 543. The number of nitrogens with two attached hydrogens (primary N) is 1. The Labute approximate surface area is 111 Å². The number of anilines is 1. The van der Waals surface area contributed by atoms with Gasteiger partial charge in [-0.25, -0.2) is 4.39 Å². The Morgan fingerprint density at radius 1 is 1.47 bits per heavy atom. The van der Waals surface area contributed by atoms with Crippen molar-refractivity contribution in [3.05, 3.63) is 34.1 Å². The van der Waals surface area contributed by atoms with Gasteiger partial charge in [-0.1, -0.05) is 17.8 Å². The first kappa shape index (κ1) is 12.4. The SMILES string of the molecule is Cn1c(N)nnc1SCc1ccc(F)c(Br)c1. The first-order valence-electron chi connectivity index (χ1n) is 4.79. The van der Waals surface area contributed by atoms with Crippen LogP contribution in [0.25, 0.3) is 0 Å². The number of nitrogen functional groups attached to an aromatic ring is 1. The summed E-state index contributed by atoms with van der Waals surface area (Å²) < 4.78 is 15.2. The summed E-state index contributed by atoms with van der Waals surface area (Å²) >= 11 is 4.66. The van der Waals surface area contributed by atoms with Gasteiger partial charge in [0.15, 0.2) is 5.16 Å². The van der Waals surface area contributed by atoms with Crippen molar-refractivity contribution in [1.29, 1.82) is 0 Å². The fourth-order valence-electron chi connectivity index (χ4n) is 1.23. The van der Waals surface area contributed by atoms with E-state index >= 15 is 0 Å². The van der Waals surface area contributed by atoms with E-state index in [2.05, 4.69) is 26.1 Å². The molecule has 0 aliphatic heterocycles. The van der Waals surface area contributed by atoms with E-state index in [1.807, 2.05) is 0 Å². The molecule has 1 aromatic heterocycles. The van der Waals surface area contributed by atoms with E-state index in [4.69, 9.17) is 5.73 Å². The van der Waals surface area contributed by atoms with Crippen LogP contribution in [0, 0.1) is 5.82 Å². The molecular weight excluding hydrogens is 307 g/mol. The molecule has 0 atom stereocenters. The second kappa shape index (κ2) is 5.05. The van der Waals surface area contributed by atoms with E-state index in [1.165, 1.54) is 17.8 Å². The minimum atomic E-state index is -0.262. The van der Waals surface area contributed by atoms with E-state index in [0.29, 0.717) is 16.2 Å². The second-order valence-electron chi connectivity index (χ2n) is 3.44. The lowest BCUT2D eigenvalue weighted by Gasteiger charge is -2.03. The lowest BCUT2D eigenvalue weighted by Crippen LogP contribution is -1.98. The molecule has 0 fully saturated rings. The van der Waals surface area contributed by atoms with E-state index in [-0.39, 0.29) is 5.82 Å². The molecule has 0 aliphatic rings. The maximum absolute atomic E-state index is 13.0. The maximum Gasteiger partial charge on any atom is 0.222 e. The van der Waals surface area contributed by atoms with E-state index in [1.54, 1.807) is 23.7 Å². The van der Waals surface area contributed by atoms with Gasteiger partial charge in [-0.05, 0) is 33.6 Å². The van der Waals surface area contributed by atoms with Crippen molar-refractivity contribution in [1.82, 2.24) is 14.8 Å². The Kier molecular flexibility index (Phi) is 3.68. The minimum absolute atomic E-state index is 0.262. The molecule has 0 saturated carbocycles. The normalized spacial score (nSPS) is 10.8. The highest BCUT2D eigenvalue weighted by Gasteiger charge is 2.07. The van der Waals surface area contributed by atoms with Gasteiger partial charge in [-0.3, -0.25) is 4.57 Å². The highest BCUT2D eigenvalue weighted by atomic mass is 79.9. The smallest absolute Gasteiger partial charge is 0.222 e. The minimum Gasteiger partial charge on any atom is -0.368 e. The number of hydrogen-bond donors (Lipinski definition) is 1. The molecular formula is C10H10BrFN4S. The number of rotatable bonds is 3. The largest absolute Gasteiger partial charge is 0.368 e. The first-order valence-corrected chi connectivity index (χ1v) is 6.57. The summed E-state index contributed by atoms with van der Waals surface area (Å²) in [4.78, 5) is 0. The molecule has 0 aliphatic carbocycles. The zero-order chi connectivity index (χ0) is 12.4. The third kappa shape index (κ3) is 2.78. The molecule has 0 bridgehead atoms. The molecule has 2 aromatic rings. The lowest BCUT2D eigenvalue weighted by atomic mass is 10.2. The average Bonchev–Trinajstić information content (AvgIpc) is 2.62. The van der Waals surface area contributed by atoms with Crippen LogP contribution >= 0.6 is 27.7 Å². The Balaban J connectivity index is 2.07. The summed E-state index contributed by atoms with van der Waals surface area (Å²) in [5.41, 5.74) is 6.58. The van der Waals surface area contributed by atoms with Crippen molar-refractivity contribution >= 4 is 33.6 Å². The van der Waals surface area contributed by atoms with Gasteiger partial charge in [-0.15, -0.1) is 10.2 Å². The summed E-state index contributed by atoms with van der Waals surface area (Å²) in [6, 6.07) is 4.93. The third-order valence-electron chi connectivity index (χ3n) is 2.22. The van der Waals surface area contributed by atoms with Gasteiger partial charge in [0.1, 0.15) is 5.82 Å². The Morgan fingerprint density at radius 3 is 2.82 bits per heavy atom. The fraction of sp³-hybridized carbons (Fsp3) is 0.200. The first-order chi connectivity index (χ1) is 8.08. The monoisotopic (exact) mass is 316 g/mol. The maximum atomic E-state index is 13.0. The fourth-order valence-corrected chi connectivity index (χ4v) is 2.52. The van der Waals surface area contributed by atoms with Gasteiger partial charge in [-0.2, -0.15) is 0 Å². The molecule has 0 radical (unpaired) electrons. The number of benzene rings is 1. The molecule has 1 heterocycles. The molecule has 0 amide bonds. The molecule has 1 aromatic carbocycles. The van der Waals surface area contributed by atoms with Crippen LogP contribution in [0.4, 0.5) is 10.3 Å². The van der Waals surface area contributed by atoms with Gasteiger partial charge < -0.3 is 5.73 Å². The second-order valence-corrected chi connectivity index (χ2v) is 5.23. The highest BCUT2D eigenvalue weighted by Crippen LogP contribution is 2.24. The van der Waals surface area contributed by atoms with Crippen LogP contribution in [0.2, 0.25) is 0 Å². The van der Waals surface area contributed by atoms with Crippen molar-refractivity contribution in [3.63, 3.8) is 0 Å². The van der Waals surface area contributed by atoms with Crippen molar-refractivity contribution in [2.24, 2.45) is 7.05 Å². The van der Waals surface area contributed by atoms with Crippen molar-refractivity contribution in [2.45, 2.75) is 10.9 Å². The summed E-state index contributed by atoms with van der Waals surface area (Å²) in [5.74, 6) is 0.805. The van der Waals surface area contributed by atoms with Crippen LogP contribution < -0.4 is 5.73 Å². The van der Waals surface area contributed by atoms with Crippen molar-refractivity contribution in [2.75, 3.05) is 5.73 Å². The standard InChI is InChI=1S/C10H10BrFN4S/c1-16-9(13)14-15-10(16)17-5-6-2-3-8(12)7(11)4-6/h2-4H,5H2,1H3,(H2,13,14). The molecule has 7 heteroatoms. The van der Waals surface area contributed by atoms with Gasteiger partial charge in [0, 0.05) is 12.8 Å². The van der Waals surface area contributed by atoms with Gasteiger partial charge in [0.05, 0.1) is 4.47 Å². The zero-order valence-electron chi connectivity index (χ0n) is 9.02. The van der Waals surface area contributed by atoms with Gasteiger partial charge >= 0.3 is 0 Å². The van der Waals surface area contributed by atoms with Crippen LogP contribution in [0.15, 0.2) is 27.8 Å². The predicted octanol–water partition coefficient (Wildman–Crippen LogP) is 2.59. The van der Waals surface area contributed by atoms with Gasteiger partial charge in [0.2, 0.25) is 5.95 Å². The average molecular weight is 317 g/mol. The van der Waals surface area contributed by atoms with E-state index in [0.717, 1.165) is 10.7 Å². The third-order valence-corrected chi connectivity index (χ3v) is 3.92. The molecule has 2 rings (SSSR count). The number of aromatic nitrogens is 3.